The van der Waals surface area contributed by atoms with Crippen LogP contribution in [0.2, 0.25) is 0 Å². The molecule has 1 aliphatic rings. The molecule has 3 nitrogen and oxygen atoms in total. The van der Waals surface area contributed by atoms with E-state index in [0.29, 0.717) is 6.04 Å². The van der Waals surface area contributed by atoms with E-state index in [9.17, 15) is 0 Å². The first-order valence-electron chi connectivity index (χ1n) is 3.70. The molecule has 0 saturated heterocycles. The Hall–Kier alpha value is -0.700. The van der Waals surface area contributed by atoms with Crippen LogP contribution in [0.1, 0.15) is 6.92 Å². The fourth-order valence-corrected chi connectivity index (χ4v) is 1.00. The molecule has 0 fully saturated rings. The monoisotopic (exact) mass is 141 g/mol. The van der Waals surface area contributed by atoms with Gasteiger partial charge in [0.2, 0.25) is 0 Å². The third-order valence-corrected chi connectivity index (χ3v) is 1.81. The number of nitrogens with two attached hydrogens (primary N) is 1. The van der Waals surface area contributed by atoms with Crippen molar-refractivity contribution in [3.8, 4) is 0 Å². The Morgan fingerprint density at radius 1 is 1.80 bits per heavy atom. The number of nitrogens with zero attached hydrogens (tertiary/aromatic N) is 1. The van der Waals surface area contributed by atoms with E-state index in [4.69, 9.17) is 5.73 Å². The van der Waals surface area contributed by atoms with Crippen molar-refractivity contribution in [1.29, 1.82) is 0 Å². The summed E-state index contributed by atoms with van der Waals surface area (Å²) in [6, 6.07) is 0.471. The van der Waals surface area contributed by atoms with Crippen LogP contribution in [0, 0.1) is 0 Å². The summed E-state index contributed by atoms with van der Waals surface area (Å²) in [6.45, 7) is 4.95. The summed E-state index contributed by atoms with van der Waals surface area (Å²) < 4.78 is 0. The first-order valence-corrected chi connectivity index (χ1v) is 3.70. The maximum atomic E-state index is 5.51. The van der Waals surface area contributed by atoms with Gasteiger partial charge in [0.15, 0.2) is 0 Å². The number of nitrogens with one attached hydrogen (secondary N) is 1. The second-order valence-electron chi connectivity index (χ2n) is 2.59. The lowest BCUT2D eigenvalue weighted by molar-refractivity contribution is 0.288. The molecule has 3 N–H and O–H groups in total. The maximum absolute atomic E-state index is 5.51. The lowest BCUT2D eigenvalue weighted by Gasteiger charge is -2.29. The first-order chi connectivity index (χ1) is 4.84. The van der Waals surface area contributed by atoms with Crippen molar-refractivity contribution >= 4 is 0 Å². The van der Waals surface area contributed by atoms with Crippen LogP contribution in [0.25, 0.3) is 0 Å². The zero-order valence-corrected chi connectivity index (χ0v) is 6.38. The van der Waals surface area contributed by atoms with Gasteiger partial charge < -0.3 is 16.0 Å². The van der Waals surface area contributed by atoms with Crippen LogP contribution < -0.4 is 11.1 Å². The van der Waals surface area contributed by atoms with Crippen LogP contribution in [-0.2, 0) is 0 Å². The van der Waals surface area contributed by atoms with E-state index in [0.717, 1.165) is 19.6 Å². The zero-order chi connectivity index (χ0) is 7.40. The fraction of sp³-hybridized carbons (Fsp3) is 0.714. The Morgan fingerprint density at radius 2 is 2.60 bits per heavy atom. The molecule has 0 aliphatic carbocycles. The van der Waals surface area contributed by atoms with E-state index < -0.39 is 0 Å². The summed E-state index contributed by atoms with van der Waals surface area (Å²) in [4.78, 5) is 2.25. The Bertz CT molecular complexity index is 122. The van der Waals surface area contributed by atoms with Gasteiger partial charge in [0, 0.05) is 38.1 Å². The van der Waals surface area contributed by atoms with Gasteiger partial charge >= 0.3 is 0 Å². The number of hydrogen-bond acceptors (Lipinski definition) is 3. The molecule has 1 rings (SSSR count). The van der Waals surface area contributed by atoms with Gasteiger partial charge in [-0.1, -0.05) is 0 Å². The van der Waals surface area contributed by atoms with Crippen LogP contribution in [0.15, 0.2) is 12.4 Å². The van der Waals surface area contributed by atoms with Gasteiger partial charge in [-0.3, -0.25) is 0 Å². The molecule has 3 heteroatoms. The third-order valence-electron chi connectivity index (χ3n) is 1.81. The van der Waals surface area contributed by atoms with Crippen molar-refractivity contribution in [2.75, 3.05) is 19.6 Å². The topological polar surface area (TPSA) is 41.3 Å². The van der Waals surface area contributed by atoms with Crippen LogP contribution in [0.4, 0.5) is 0 Å². The molecular weight excluding hydrogens is 126 g/mol. The molecule has 0 aromatic heterocycles. The van der Waals surface area contributed by atoms with Crippen molar-refractivity contribution < 1.29 is 0 Å². The van der Waals surface area contributed by atoms with Crippen molar-refractivity contribution in [2.45, 2.75) is 13.0 Å². The van der Waals surface area contributed by atoms with Crippen molar-refractivity contribution in [1.82, 2.24) is 10.2 Å². The van der Waals surface area contributed by atoms with Gasteiger partial charge in [-0.15, -0.1) is 0 Å². The highest BCUT2D eigenvalue weighted by Crippen LogP contribution is 1.99. The average molecular weight is 141 g/mol. The van der Waals surface area contributed by atoms with E-state index in [-0.39, 0.29) is 0 Å². The lowest BCUT2D eigenvalue weighted by atomic mass is 10.3. The van der Waals surface area contributed by atoms with Gasteiger partial charge in [0.05, 0.1) is 0 Å². The van der Waals surface area contributed by atoms with E-state index in [1.807, 2.05) is 6.20 Å². The van der Waals surface area contributed by atoms with E-state index in [1.54, 1.807) is 0 Å². The molecule has 0 amide bonds. The molecule has 0 bridgehead atoms. The summed E-state index contributed by atoms with van der Waals surface area (Å²) in [6.07, 6.45) is 4.02. The predicted octanol–water partition coefficient (Wildman–Crippen LogP) is -0.290. The molecule has 0 spiro atoms. The lowest BCUT2D eigenvalue weighted by Crippen LogP contribution is -2.40. The van der Waals surface area contributed by atoms with E-state index in [1.165, 1.54) is 0 Å². The van der Waals surface area contributed by atoms with Gasteiger partial charge in [0.25, 0.3) is 0 Å². The van der Waals surface area contributed by atoms with Gasteiger partial charge in [-0.05, 0) is 6.92 Å². The quantitative estimate of drug-likeness (QED) is 0.555. The molecule has 0 radical (unpaired) electrons. The van der Waals surface area contributed by atoms with E-state index in [2.05, 4.69) is 23.3 Å². The fourth-order valence-electron chi connectivity index (χ4n) is 1.00. The standard InChI is InChI=1S/C7H15N3/c1-7(6-8)10-4-2-9-3-5-10/h2,4,7,9H,3,5-6,8H2,1H3. The largest absolute Gasteiger partial charge is 0.388 e. The molecule has 1 heterocycles. The van der Waals surface area contributed by atoms with Crippen molar-refractivity contribution in [2.24, 2.45) is 5.73 Å². The highest BCUT2D eigenvalue weighted by molar-refractivity contribution is 4.89. The molecule has 1 atom stereocenters. The zero-order valence-electron chi connectivity index (χ0n) is 6.38. The Labute approximate surface area is 61.9 Å². The summed E-state index contributed by atoms with van der Waals surface area (Å²) >= 11 is 0. The number of hydrogen-bond donors (Lipinski definition) is 2. The minimum absolute atomic E-state index is 0.471. The van der Waals surface area contributed by atoms with Gasteiger partial charge in [-0.2, -0.15) is 0 Å². The SMILES string of the molecule is CC(CN)N1C=CNCC1. The summed E-state index contributed by atoms with van der Waals surface area (Å²) in [7, 11) is 0. The summed E-state index contributed by atoms with van der Waals surface area (Å²) in [5.41, 5.74) is 5.51. The minimum Gasteiger partial charge on any atom is -0.388 e. The van der Waals surface area contributed by atoms with Crippen LogP contribution >= 0.6 is 0 Å². The van der Waals surface area contributed by atoms with E-state index >= 15 is 0 Å². The smallest absolute Gasteiger partial charge is 0.0379 e. The molecule has 0 saturated carbocycles. The molecule has 10 heavy (non-hydrogen) atoms. The van der Waals surface area contributed by atoms with Crippen LogP contribution in [-0.4, -0.2) is 30.6 Å². The Balaban J connectivity index is 2.38. The van der Waals surface area contributed by atoms with Gasteiger partial charge in [0.1, 0.15) is 0 Å². The average Bonchev–Trinajstić information content (AvgIpc) is 2.05. The summed E-state index contributed by atoms with van der Waals surface area (Å²) in [5, 5.41) is 3.13. The molecular formula is C7H15N3. The summed E-state index contributed by atoms with van der Waals surface area (Å²) in [5.74, 6) is 0. The Kier molecular flexibility index (Phi) is 2.57. The molecule has 1 aliphatic heterocycles. The maximum Gasteiger partial charge on any atom is 0.0379 e. The second kappa shape index (κ2) is 3.46. The predicted molar refractivity (Wildman–Crippen MR) is 42.4 cm³/mol. The third kappa shape index (κ3) is 1.64. The second-order valence-corrected chi connectivity index (χ2v) is 2.59. The Morgan fingerprint density at radius 3 is 3.10 bits per heavy atom. The molecule has 0 aromatic carbocycles. The molecule has 58 valence electrons. The highest BCUT2D eigenvalue weighted by atomic mass is 15.2. The molecule has 1 unspecified atom stereocenters. The minimum atomic E-state index is 0.471. The number of rotatable bonds is 2. The van der Waals surface area contributed by atoms with Gasteiger partial charge in [-0.25, -0.2) is 0 Å². The van der Waals surface area contributed by atoms with Crippen LogP contribution in [0.5, 0.6) is 0 Å². The van der Waals surface area contributed by atoms with Crippen molar-refractivity contribution in [3.63, 3.8) is 0 Å². The highest BCUT2D eigenvalue weighted by Gasteiger charge is 2.08. The first kappa shape index (κ1) is 7.41. The normalized spacial score (nSPS) is 20.4. The van der Waals surface area contributed by atoms with Crippen molar-refractivity contribution in [3.05, 3.63) is 12.4 Å². The molecule has 0 aromatic rings. The van der Waals surface area contributed by atoms with Crippen LogP contribution in [0.3, 0.4) is 0 Å².